The summed E-state index contributed by atoms with van der Waals surface area (Å²) in [5, 5.41) is 11.4. The summed E-state index contributed by atoms with van der Waals surface area (Å²) in [5.74, 6) is -0.0301. The van der Waals surface area contributed by atoms with Crippen molar-refractivity contribution in [2.75, 3.05) is 21.3 Å². The Kier molecular flexibility index (Phi) is 3.43. The van der Waals surface area contributed by atoms with Crippen LogP contribution in [0.2, 0.25) is 0 Å². The second-order valence-corrected chi connectivity index (χ2v) is 1.29. The van der Waals surface area contributed by atoms with Crippen molar-refractivity contribution in [1.29, 1.82) is 0 Å². The van der Waals surface area contributed by atoms with Crippen molar-refractivity contribution in [3.05, 3.63) is 11.8 Å². The fourth-order valence-corrected chi connectivity index (χ4v) is 0.389. The fourth-order valence-electron chi connectivity index (χ4n) is 0.389. The van der Waals surface area contributed by atoms with Crippen LogP contribution >= 0.6 is 0 Å². The van der Waals surface area contributed by atoms with Crippen LogP contribution in [0.1, 0.15) is 0 Å². The summed E-state index contributed by atoms with van der Waals surface area (Å²) < 4.78 is 9.09. The van der Waals surface area contributed by atoms with Gasteiger partial charge in [0.15, 0.2) is 0 Å². The molecule has 0 saturated carbocycles. The van der Waals surface area contributed by atoms with Crippen LogP contribution in [-0.2, 0) is 9.47 Å². The number of hydrogen-bond acceptors (Lipinski definition) is 4. The number of methoxy groups -OCH3 is 2. The summed E-state index contributed by atoms with van der Waals surface area (Å²) in [4.78, 5) is 0. The van der Waals surface area contributed by atoms with Gasteiger partial charge >= 0.3 is 5.95 Å². The Balaban J connectivity index is 4.01. The lowest BCUT2D eigenvalue weighted by Crippen LogP contribution is -2.11. The summed E-state index contributed by atoms with van der Waals surface area (Å²) in [6.07, 6.45) is 0. The van der Waals surface area contributed by atoms with E-state index in [0.717, 1.165) is 0 Å². The van der Waals surface area contributed by atoms with Gasteiger partial charge in [-0.2, -0.15) is 0 Å². The minimum Gasteiger partial charge on any atom is -0.478 e. The SMILES string of the molecule is CN/C(OC)=C(\O)OC. The van der Waals surface area contributed by atoms with Crippen LogP contribution < -0.4 is 5.32 Å². The smallest absolute Gasteiger partial charge is 0.339 e. The van der Waals surface area contributed by atoms with Gasteiger partial charge in [-0.3, -0.25) is 0 Å². The normalized spacial score (nSPS) is 11.9. The number of nitrogens with one attached hydrogen (secondary N) is 1. The maximum Gasteiger partial charge on any atom is 0.339 e. The predicted octanol–water partition coefficient (Wildman–Crippen LogP) is 0.183. The van der Waals surface area contributed by atoms with E-state index in [0.29, 0.717) is 0 Å². The van der Waals surface area contributed by atoms with Crippen molar-refractivity contribution in [3.63, 3.8) is 0 Å². The van der Waals surface area contributed by atoms with E-state index in [1.165, 1.54) is 14.2 Å². The second-order valence-electron chi connectivity index (χ2n) is 1.29. The Morgan fingerprint density at radius 1 is 1.33 bits per heavy atom. The Morgan fingerprint density at radius 3 is 2.00 bits per heavy atom. The third-order valence-corrected chi connectivity index (χ3v) is 0.819. The van der Waals surface area contributed by atoms with Gasteiger partial charge < -0.3 is 19.9 Å². The molecule has 4 heteroatoms. The molecule has 9 heavy (non-hydrogen) atoms. The zero-order chi connectivity index (χ0) is 7.28. The highest BCUT2D eigenvalue weighted by molar-refractivity contribution is 4.88. The molecule has 0 fully saturated rings. The molecule has 2 N–H and O–H groups in total. The first-order valence-electron chi connectivity index (χ1n) is 2.45. The van der Waals surface area contributed by atoms with Gasteiger partial charge in [-0.1, -0.05) is 0 Å². The molecule has 0 unspecified atom stereocenters. The Hall–Kier alpha value is -1.06. The minimum atomic E-state index is -0.250. The number of ether oxygens (including phenoxy) is 2. The standard InChI is InChI=1S/C5H11NO3/c1-6-4(8-2)5(7)9-3/h6-7H,1-3H3/b5-4-. The van der Waals surface area contributed by atoms with Gasteiger partial charge in [0.1, 0.15) is 0 Å². The maximum atomic E-state index is 8.79. The van der Waals surface area contributed by atoms with E-state index in [1.54, 1.807) is 7.05 Å². The lowest BCUT2D eigenvalue weighted by atomic mass is 10.8. The van der Waals surface area contributed by atoms with Gasteiger partial charge in [0.25, 0.3) is 5.88 Å². The Labute approximate surface area is 54.1 Å². The molecule has 0 aromatic heterocycles. The molecule has 0 aliphatic heterocycles. The average Bonchev–Trinajstić information content (AvgIpc) is 1.90. The van der Waals surface area contributed by atoms with E-state index in [9.17, 15) is 0 Å². The molecule has 0 bridgehead atoms. The summed E-state index contributed by atoms with van der Waals surface area (Å²) in [6.45, 7) is 0. The zero-order valence-electron chi connectivity index (χ0n) is 5.76. The molecule has 0 aromatic rings. The van der Waals surface area contributed by atoms with Crippen molar-refractivity contribution in [1.82, 2.24) is 5.32 Å². The molecule has 0 aliphatic carbocycles. The Morgan fingerprint density at radius 2 is 1.89 bits per heavy atom. The quantitative estimate of drug-likeness (QED) is 0.539. The molecule has 0 rings (SSSR count). The highest BCUT2D eigenvalue weighted by atomic mass is 16.6. The highest BCUT2D eigenvalue weighted by Crippen LogP contribution is 1.96. The van der Waals surface area contributed by atoms with Crippen LogP contribution in [0, 0.1) is 0 Å². The van der Waals surface area contributed by atoms with E-state index >= 15 is 0 Å². The van der Waals surface area contributed by atoms with Crippen molar-refractivity contribution in [3.8, 4) is 0 Å². The lowest BCUT2D eigenvalue weighted by molar-refractivity contribution is 0.0958. The predicted molar refractivity (Wildman–Crippen MR) is 32.7 cm³/mol. The molecule has 0 atom stereocenters. The van der Waals surface area contributed by atoms with Crippen LogP contribution in [0.5, 0.6) is 0 Å². The monoisotopic (exact) mass is 133 g/mol. The number of hydrogen-bond donors (Lipinski definition) is 2. The minimum absolute atomic E-state index is 0.220. The first-order chi connectivity index (χ1) is 4.26. The molecule has 0 heterocycles. The molecule has 0 radical (unpaired) electrons. The summed E-state index contributed by atoms with van der Waals surface area (Å²) in [7, 11) is 4.40. The number of aliphatic hydroxyl groups excluding tert-OH is 1. The van der Waals surface area contributed by atoms with E-state index in [-0.39, 0.29) is 11.8 Å². The van der Waals surface area contributed by atoms with Crippen LogP contribution in [-0.4, -0.2) is 26.4 Å². The van der Waals surface area contributed by atoms with E-state index in [1.807, 2.05) is 0 Å². The van der Waals surface area contributed by atoms with Gasteiger partial charge in [0, 0.05) is 7.05 Å². The van der Waals surface area contributed by atoms with Crippen LogP contribution in [0.3, 0.4) is 0 Å². The van der Waals surface area contributed by atoms with Crippen LogP contribution in [0.25, 0.3) is 0 Å². The third-order valence-electron chi connectivity index (χ3n) is 0.819. The first kappa shape index (κ1) is 7.94. The Bertz CT molecular complexity index is 105. The largest absolute Gasteiger partial charge is 0.478 e. The van der Waals surface area contributed by atoms with Crippen molar-refractivity contribution < 1.29 is 14.6 Å². The molecule has 0 saturated heterocycles. The summed E-state index contributed by atoms with van der Waals surface area (Å²) in [6, 6.07) is 0. The number of aliphatic hydroxyl groups is 1. The fraction of sp³-hybridized carbons (Fsp3) is 0.600. The molecule has 0 aromatic carbocycles. The third kappa shape index (κ3) is 2.12. The lowest BCUT2D eigenvalue weighted by Gasteiger charge is -2.05. The van der Waals surface area contributed by atoms with E-state index < -0.39 is 0 Å². The topological polar surface area (TPSA) is 50.7 Å². The summed E-state index contributed by atoms with van der Waals surface area (Å²) in [5.41, 5.74) is 0. The van der Waals surface area contributed by atoms with E-state index in [4.69, 9.17) is 5.11 Å². The van der Waals surface area contributed by atoms with Crippen LogP contribution in [0.4, 0.5) is 0 Å². The van der Waals surface area contributed by atoms with Gasteiger partial charge in [-0.15, -0.1) is 0 Å². The number of rotatable bonds is 3. The van der Waals surface area contributed by atoms with Crippen molar-refractivity contribution in [2.24, 2.45) is 0 Å². The van der Waals surface area contributed by atoms with Gasteiger partial charge in [-0.05, 0) is 0 Å². The van der Waals surface area contributed by atoms with Crippen LogP contribution in [0.15, 0.2) is 11.8 Å². The zero-order valence-corrected chi connectivity index (χ0v) is 5.76. The highest BCUT2D eigenvalue weighted by Gasteiger charge is 2.00. The summed E-state index contributed by atoms with van der Waals surface area (Å²) >= 11 is 0. The first-order valence-corrected chi connectivity index (χ1v) is 2.45. The van der Waals surface area contributed by atoms with Gasteiger partial charge in [0.05, 0.1) is 14.2 Å². The average molecular weight is 133 g/mol. The van der Waals surface area contributed by atoms with Crippen molar-refractivity contribution in [2.45, 2.75) is 0 Å². The molecular weight excluding hydrogens is 122 g/mol. The van der Waals surface area contributed by atoms with E-state index in [2.05, 4.69) is 14.8 Å². The molecule has 4 nitrogen and oxygen atoms in total. The molecule has 0 amide bonds. The van der Waals surface area contributed by atoms with Gasteiger partial charge in [0.2, 0.25) is 0 Å². The maximum absolute atomic E-state index is 8.79. The van der Waals surface area contributed by atoms with Gasteiger partial charge in [-0.25, -0.2) is 0 Å². The molecule has 0 aliphatic rings. The van der Waals surface area contributed by atoms with Crippen molar-refractivity contribution >= 4 is 0 Å². The molecular formula is C5H11NO3. The second kappa shape index (κ2) is 3.88. The molecule has 0 spiro atoms. The molecule has 54 valence electrons.